The normalized spacial score (nSPS) is 11.5. The van der Waals surface area contributed by atoms with Crippen LogP contribution in [-0.2, 0) is 16.6 Å². The maximum atomic E-state index is 13.5. The molecule has 0 aliphatic carbocycles. The number of benzene rings is 2. The van der Waals surface area contributed by atoms with Gasteiger partial charge in [-0.05, 0) is 54.6 Å². The Balaban J connectivity index is 2.08. The van der Waals surface area contributed by atoms with Gasteiger partial charge in [0.2, 0.25) is 0 Å². The average molecular weight is 367 g/mol. The Morgan fingerprint density at radius 2 is 1.64 bits per heavy atom. The fourth-order valence-corrected chi connectivity index (χ4v) is 3.67. The van der Waals surface area contributed by atoms with Crippen molar-refractivity contribution in [3.63, 3.8) is 0 Å². The first-order valence-electron chi connectivity index (χ1n) is 7.13. The number of sulfonamides is 1. The lowest BCUT2D eigenvalue weighted by molar-refractivity contribution is 0.502. The molecule has 1 heterocycles. The minimum atomic E-state index is -4.24. The molecule has 0 aliphatic rings. The Bertz CT molecular complexity index is 971. The highest BCUT2D eigenvalue weighted by atomic mass is 32.2. The van der Waals surface area contributed by atoms with Crippen LogP contribution in [0.2, 0.25) is 0 Å². The summed E-state index contributed by atoms with van der Waals surface area (Å²) in [6.07, 6.45) is 1.38. The van der Waals surface area contributed by atoms with Gasteiger partial charge >= 0.3 is 0 Å². The van der Waals surface area contributed by atoms with E-state index in [1.807, 2.05) is 0 Å². The first kappa shape index (κ1) is 17.1. The van der Waals surface area contributed by atoms with Gasteiger partial charge in [0.05, 0.1) is 23.4 Å². The van der Waals surface area contributed by atoms with Crippen LogP contribution in [0.3, 0.4) is 0 Å². The molecule has 0 radical (unpaired) electrons. The SMILES string of the molecule is O=S(=O)(c1ccc(F)c(F)c1)N(Cc1ccco1)c1ccc(F)cc1. The zero-order chi connectivity index (χ0) is 18.0. The number of furan rings is 1. The Hall–Kier alpha value is -2.74. The summed E-state index contributed by atoms with van der Waals surface area (Å²) in [6.45, 7) is -0.194. The van der Waals surface area contributed by atoms with E-state index in [2.05, 4.69) is 0 Å². The predicted molar refractivity (Wildman–Crippen MR) is 84.8 cm³/mol. The third kappa shape index (κ3) is 3.53. The van der Waals surface area contributed by atoms with E-state index in [9.17, 15) is 21.6 Å². The zero-order valence-electron chi connectivity index (χ0n) is 12.7. The number of halogens is 3. The summed E-state index contributed by atoms with van der Waals surface area (Å²) in [5, 5.41) is 0. The van der Waals surface area contributed by atoms with Gasteiger partial charge in [-0.1, -0.05) is 0 Å². The van der Waals surface area contributed by atoms with E-state index >= 15 is 0 Å². The van der Waals surface area contributed by atoms with Crippen LogP contribution in [0.5, 0.6) is 0 Å². The maximum Gasteiger partial charge on any atom is 0.264 e. The van der Waals surface area contributed by atoms with Gasteiger partial charge in [0.1, 0.15) is 11.6 Å². The Morgan fingerprint density at radius 1 is 0.920 bits per heavy atom. The molecule has 3 aromatic rings. The minimum absolute atomic E-state index is 0.155. The van der Waals surface area contributed by atoms with Gasteiger partial charge in [-0.3, -0.25) is 4.31 Å². The Labute approximate surface area is 142 Å². The van der Waals surface area contributed by atoms with Crippen molar-refractivity contribution in [3.8, 4) is 0 Å². The summed E-state index contributed by atoms with van der Waals surface area (Å²) in [6, 6.07) is 10.2. The van der Waals surface area contributed by atoms with Gasteiger partial charge in [-0.2, -0.15) is 0 Å². The predicted octanol–water partition coefficient (Wildman–Crippen LogP) is 4.09. The molecule has 4 nitrogen and oxygen atoms in total. The smallest absolute Gasteiger partial charge is 0.264 e. The van der Waals surface area contributed by atoms with Crippen LogP contribution in [0.1, 0.15) is 5.76 Å². The zero-order valence-corrected chi connectivity index (χ0v) is 13.5. The van der Waals surface area contributed by atoms with Crippen molar-refractivity contribution in [1.29, 1.82) is 0 Å². The van der Waals surface area contributed by atoms with E-state index < -0.39 is 32.4 Å². The molecule has 1 aromatic heterocycles. The molecule has 0 bridgehead atoms. The van der Waals surface area contributed by atoms with Crippen LogP contribution < -0.4 is 4.31 Å². The number of hydrogen-bond acceptors (Lipinski definition) is 3. The second-order valence-corrected chi connectivity index (χ2v) is 7.01. The maximum absolute atomic E-state index is 13.5. The molecule has 0 atom stereocenters. The topological polar surface area (TPSA) is 50.5 Å². The number of nitrogens with zero attached hydrogens (tertiary/aromatic N) is 1. The van der Waals surface area contributed by atoms with Crippen molar-refractivity contribution in [3.05, 3.63) is 84.1 Å². The molecule has 0 saturated carbocycles. The molecule has 0 spiro atoms. The van der Waals surface area contributed by atoms with Crippen LogP contribution in [0.15, 0.2) is 70.2 Å². The Kier molecular flexibility index (Phi) is 4.54. The van der Waals surface area contributed by atoms with E-state index in [4.69, 9.17) is 4.42 Å². The highest BCUT2D eigenvalue weighted by Crippen LogP contribution is 2.27. The van der Waals surface area contributed by atoms with Crippen LogP contribution in [0.25, 0.3) is 0 Å². The summed E-state index contributed by atoms with van der Waals surface area (Å²) in [5.74, 6) is -2.64. The molecule has 0 N–H and O–H groups in total. The number of rotatable bonds is 5. The molecule has 0 saturated heterocycles. The molecule has 130 valence electrons. The molecule has 3 rings (SSSR count). The van der Waals surface area contributed by atoms with E-state index in [1.165, 1.54) is 18.4 Å². The first-order chi connectivity index (χ1) is 11.9. The lowest BCUT2D eigenvalue weighted by Gasteiger charge is -2.23. The summed E-state index contributed by atoms with van der Waals surface area (Å²) >= 11 is 0. The summed E-state index contributed by atoms with van der Waals surface area (Å²) in [7, 11) is -4.24. The van der Waals surface area contributed by atoms with Gasteiger partial charge in [0, 0.05) is 0 Å². The third-order valence-electron chi connectivity index (χ3n) is 3.47. The van der Waals surface area contributed by atoms with Crippen molar-refractivity contribution in [2.45, 2.75) is 11.4 Å². The van der Waals surface area contributed by atoms with Gasteiger partial charge < -0.3 is 4.42 Å². The summed E-state index contributed by atoms with van der Waals surface area (Å²) in [5.41, 5.74) is 0.155. The molecule has 8 heteroatoms. The highest BCUT2D eigenvalue weighted by Gasteiger charge is 2.27. The first-order valence-corrected chi connectivity index (χ1v) is 8.57. The van der Waals surface area contributed by atoms with Crippen molar-refractivity contribution in [1.82, 2.24) is 0 Å². The lowest BCUT2D eigenvalue weighted by Crippen LogP contribution is -2.30. The van der Waals surface area contributed by atoms with Crippen LogP contribution in [0, 0.1) is 17.5 Å². The number of anilines is 1. The van der Waals surface area contributed by atoms with E-state index in [0.717, 1.165) is 28.6 Å². The molecule has 0 fully saturated rings. The fraction of sp³-hybridized carbons (Fsp3) is 0.0588. The van der Waals surface area contributed by atoms with Crippen LogP contribution in [0.4, 0.5) is 18.9 Å². The standard InChI is InChI=1S/C17H12F3NO3S/c18-12-3-5-13(6-4-12)21(11-14-2-1-9-24-14)25(22,23)15-7-8-16(19)17(20)10-15/h1-10H,11H2. The highest BCUT2D eigenvalue weighted by molar-refractivity contribution is 7.92. The fourth-order valence-electron chi connectivity index (χ4n) is 2.23. The molecule has 2 aromatic carbocycles. The molecular weight excluding hydrogens is 355 g/mol. The average Bonchev–Trinajstić information content (AvgIpc) is 3.09. The third-order valence-corrected chi connectivity index (χ3v) is 5.24. The Morgan fingerprint density at radius 3 is 2.24 bits per heavy atom. The largest absolute Gasteiger partial charge is 0.467 e. The van der Waals surface area contributed by atoms with Crippen molar-refractivity contribution in [2.75, 3.05) is 4.31 Å². The van der Waals surface area contributed by atoms with Gasteiger partial charge in [-0.25, -0.2) is 21.6 Å². The van der Waals surface area contributed by atoms with Crippen molar-refractivity contribution >= 4 is 15.7 Å². The molecule has 25 heavy (non-hydrogen) atoms. The summed E-state index contributed by atoms with van der Waals surface area (Å²) < 4.78 is 71.7. The molecule has 0 amide bonds. The summed E-state index contributed by atoms with van der Waals surface area (Å²) in [4.78, 5) is -0.428. The quantitative estimate of drug-likeness (QED) is 0.682. The molecular formula is C17H12F3NO3S. The van der Waals surface area contributed by atoms with Gasteiger partial charge in [-0.15, -0.1) is 0 Å². The van der Waals surface area contributed by atoms with Crippen LogP contribution >= 0.6 is 0 Å². The van der Waals surface area contributed by atoms with Gasteiger partial charge in [0.15, 0.2) is 11.6 Å². The lowest BCUT2D eigenvalue weighted by atomic mass is 10.3. The molecule has 0 unspecified atom stereocenters. The van der Waals surface area contributed by atoms with Crippen LogP contribution in [-0.4, -0.2) is 8.42 Å². The second kappa shape index (κ2) is 6.64. The van der Waals surface area contributed by atoms with Crippen molar-refractivity contribution in [2.24, 2.45) is 0 Å². The van der Waals surface area contributed by atoms with Crippen molar-refractivity contribution < 1.29 is 26.0 Å². The number of hydrogen-bond donors (Lipinski definition) is 0. The second-order valence-electron chi connectivity index (χ2n) is 5.14. The molecule has 0 aliphatic heterocycles. The monoisotopic (exact) mass is 367 g/mol. The minimum Gasteiger partial charge on any atom is -0.467 e. The van der Waals surface area contributed by atoms with Gasteiger partial charge in [0.25, 0.3) is 10.0 Å². The van der Waals surface area contributed by atoms with E-state index in [1.54, 1.807) is 12.1 Å². The van der Waals surface area contributed by atoms with E-state index in [0.29, 0.717) is 11.8 Å². The van der Waals surface area contributed by atoms with E-state index in [-0.39, 0.29) is 12.2 Å².